The van der Waals surface area contributed by atoms with Crippen molar-refractivity contribution >= 4 is 34.6 Å². The van der Waals surface area contributed by atoms with Crippen LogP contribution in [0.15, 0.2) is 29.6 Å². The molecule has 0 aliphatic rings. The van der Waals surface area contributed by atoms with E-state index >= 15 is 0 Å². The first kappa shape index (κ1) is 15.7. The molecule has 0 amide bonds. The Morgan fingerprint density at radius 3 is 2.86 bits per heavy atom. The molecule has 1 heterocycles. The molecule has 21 heavy (non-hydrogen) atoms. The van der Waals surface area contributed by atoms with Crippen molar-refractivity contribution in [2.75, 3.05) is 11.9 Å². The molecule has 0 atom stereocenters. The van der Waals surface area contributed by atoms with E-state index in [1.807, 2.05) is 19.1 Å². The molecule has 2 aromatic rings. The second-order valence-corrected chi connectivity index (χ2v) is 5.86. The number of anilines is 1. The molecule has 0 aliphatic carbocycles. The Morgan fingerprint density at radius 1 is 1.43 bits per heavy atom. The van der Waals surface area contributed by atoms with E-state index in [0.717, 1.165) is 17.0 Å². The molecule has 112 valence electrons. The van der Waals surface area contributed by atoms with Crippen molar-refractivity contribution in [2.45, 2.75) is 19.9 Å². The van der Waals surface area contributed by atoms with E-state index in [9.17, 15) is 4.79 Å². The highest BCUT2D eigenvalue weighted by molar-refractivity contribution is 7.10. The smallest absolute Gasteiger partial charge is 0.336 e. The summed E-state index contributed by atoms with van der Waals surface area (Å²) in [5.74, 6) is -0.230. The summed E-state index contributed by atoms with van der Waals surface area (Å²) in [7, 11) is 0. The highest BCUT2D eigenvalue weighted by atomic mass is 35.5. The lowest BCUT2D eigenvalue weighted by atomic mass is 10.3. The topological polar surface area (TPSA) is 58.6 Å². The van der Waals surface area contributed by atoms with E-state index in [2.05, 4.69) is 5.32 Å². The Bertz CT molecular complexity index is 627. The molecule has 0 saturated carbocycles. The van der Waals surface area contributed by atoms with Gasteiger partial charge in [0.1, 0.15) is 5.75 Å². The van der Waals surface area contributed by atoms with E-state index in [-0.39, 0.29) is 0 Å². The summed E-state index contributed by atoms with van der Waals surface area (Å²) in [6.07, 6.45) is 0.931. The van der Waals surface area contributed by atoms with E-state index in [0.29, 0.717) is 29.5 Å². The Kier molecular flexibility index (Phi) is 5.47. The van der Waals surface area contributed by atoms with Crippen molar-refractivity contribution in [3.63, 3.8) is 0 Å². The van der Waals surface area contributed by atoms with E-state index in [1.54, 1.807) is 17.5 Å². The Balaban J connectivity index is 1.96. The fourth-order valence-corrected chi connectivity index (χ4v) is 2.75. The third kappa shape index (κ3) is 4.37. The third-order valence-electron chi connectivity index (χ3n) is 2.76. The van der Waals surface area contributed by atoms with Crippen molar-refractivity contribution in [1.82, 2.24) is 0 Å². The van der Waals surface area contributed by atoms with Crippen LogP contribution in [0.1, 0.15) is 28.6 Å². The number of hydrogen-bond acceptors (Lipinski definition) is 4. The molecule has 0 fully saturated rings. The number of nitrogens with one attached hydrogen (secondary N) is 1. The SMILES string of the molecule is CCCOc1ccc(NCc2cc(C(=O)O)cs2)cc1Cl. The zero-order valence-corrected chi connectivity index (χ0v) is 13.1. The van der Waals surface area contributed by atoms with Crippen molar-refractivity contribution in [3.8, 4) is 5.75 Å². The van der Waals surface area contributed by atoms with Crippen molar-refractivity contribution in [3.05, 3.63) is 45.1 Å². The third-order valence-corrected chi connectivity index (χ3v) is 3.99. The number of ether oxygens (including phenoxy) is 1. The van der Waals surface area contributed by atoms with Crippen LogP contribution in [0.25, 0.3) is 0 Å². The molecule has 0 bridgehead atoms. The molecule has 0 saturated heterocycles. The van der Waals surface area contributed by atoms with Crippen LogP contribution in [-0.4, -0.2) is 17.7 Å². The van der Waals surface area contributed by atoms with Crippen LogP contribution in [0.3, 0.4) is 0 Å². The van der Waals surface area contributed by atoms with Gasteiger partial charge in [-0.25, -0.2) is 4.79 Å². The lowest BCUT2D eigenvalue weighted by Gasteiger charge is -2.10. The fraction of sp³-hybridized carbons (Fsp3) is 0.267. The number of carboxylic acid groups (broad SMARTS) is 1. The zero-order valence-electron chi connectivity index (χ0n) is 11.6. The standard InChI is InChI=1S/C15H16ClNO3S/c1-2-5-20-14-4-3-11(7-13(14)16)17-8-12-6-10(9-21-12)15(18)19/h3-4,6-7,9,17H,2,5,8H2,1H3,(H,18,19). The monoisotopic (exact) mass is 325 g/mol. The highest BCUT2D eigenvalue weighted by Crippen LogP contribution is 2.28. The summed E-state index contributed by atoms with van der Waals surface area (Å²) in [5, 5.41) is 14.3. The number of rotatable bonds is 7. The average molecular weight is 326 g/mol. The number of benzene rings is 1. The van der Waals surface area contributed by atoms with Gasteiger partial charge >= 0.3 is 5.97 Å². The normalized spacial score (nSPS) is 10.4. The largest absolute Gasteiger partial charge is 0.492 e. The molecule has 4 nitrogen and oxygen atoms in total. The number of halogens is 1. The second-order valence-electron chi connectivity index (χ2n) is 4.45. The van der Waals surface area contributed by atoms with Crippen molar-refractivity contribution in [2.24, 2.45) is 0 Å². The Morgan fingerprint density at radius 2 is 2.24 bits per heavy atom. The number of carbonyl (C=O) groups is 1. The van der Waals surface area contributed by atoms with Crippen LogP contribution < -0.4 is 10.1 Å². The molecule has 1 aromatic heterocycles. The van der Waals surface area contributed by atoms with Gasteiger partial charge in [-0.3, -0.25) is 0 Å². The van der Waals surface area contributed by atoms with Crippen molar-refractivity contribution in [1.29, 1.82) is 0 Å². The minimum Gasteiger partial charge on any atom is -0.492 e. The maximum atomic E-state index is 10.8. The lowest BCUT2D eigenvalue weighted by Crippen LogP contribution is -1.99. The maximum absolute atomic E-state index is 10.8. The van der Waals surface area contributed by atoms with Gasteiger partial charge in [0.05, 0.1) is 17.2 Å². The van der Waals surface area contributed by atoms with Gasteiger partial charge in [0, 0.05) is 22.5 Å². The van der Waals surface area contributed by atoms with Crippen LogP contribution in [-0.2, 0) is 6.54 Å². The number of thiophene rings is 1. The van der Waals surface area contributed by atoms with Gasteiger partial charge in [-0.2, -0.15) is 0 Å². The summed E-state index contributed by atoms with van der Waals surface area (Å²) >= 11 is 7.57. The van der Waals surface area contributed by atoms with E-state index in [1.165, 1.54) is 11.3 Å². The predicted octanol–water partition coefficient (Wildman–Crippen LogP) is 4.50. The molecule has 1 aromatic carbocycles. The fourth-order valence-electron chi connectivity index (χ4n) is 1.71. The average Bonchev–Trinajstić information content (AvgIpc) is 2.93. The van der Waals surface area contributed by atoms with Gasteiger partial charge in [-0.15, -0.1) is 11.3 Å². The second kappa shape index (κ2) is 7.33. The molecule has 2 N–H and O–H groups in total. The summed E-state index contributed by atoms with van der Waals surface area (Å²) in [6.45, 7) is 3.24. The van der Waals surface area contributed by atoms with E-state index < -0.39 is 5.97 Å². The van der Waals surface area contributed by atoms with Crippen LogP contribution in [0.2, 0.25) is 5.02 Å². The first-order chi connectivity index (χ1) is 10.1. The summed E-state index contributed by atoms with van der Waals surface area (Å²) in [4.78, 5) is 11.8. The molecular weight excluding hydrogens is 310 g/mol. The van der Waals surface area contributed by atoms with Gasteiger partial charge in [0.25, 0.3) is 0 Å². The van der Waals surface area contributed by atoms with Gasteiger partial charge in [0.2, 0.25) is 0 Å². The summed E-state index contributed by atoms with van der Waals surface area (Å²) < 4.78 is 5.51. The van der Waals surface area contributed by atoms with Gasteiger partial charge in [-0.05, 0) is 30.7 Å². The first-order valence-electron chi connectivity index (χ1n) is 6.57. The molecule has 0 radical (unpaired) electrons. The van der Waals surface area contributed by atoms with E-state index in [4.69, 9.17) is 21.4 Å². The predicted molar refractivity (Wildman–Crippen MR) is 85.8 cm³/mol. The molecule has 0 spiro atoms. The highest BCUT2D eigenvalue weighted by Gasteiger charge is 2.07. The maximum Gasteiger partial charge on any atom is 0.336 e. The van der Waals surface area contributed by atoms with Crippen LogP contribution in [0.5, 0.6) is 5.75 Å². The Hall–Kier alpha value is -1.72. The van der Waals surface area contributed by atoms with Gasteiger partial charge in [0.15, 0.2) is 0 Å². The molecule has 6 heteroatoms. The minimum atomic E-state index is -0.905. The first-order valence-corrected chi connectivity index (χ1v) is 7.83. The molecule has 0 aliphatic heterocycles. The molecule has 2 rings (SSSR count). The van der Waals surface area contributed by atoms with Crippen LogP contribution in [0, 0.1) is 0 Å². The van der Waals surface area contributed by atoms with Crippen LogP contribution >= 0.6 is 22.9 Å². The summed E-state index contributed by atoms with van der Waals surface area (Å²) in [6, 6.07) is 7.19. The zero-order chi connectivity index (χ0) is 15.2. The van der Waals surface area contributed by atoms with Crippen molar-refractivity contribution < 1.29 is 14.6 Å². The molecule has 0 unspecified atom stereocenters. The van der Waals surface area contributed by atoms with Gasteiger partial charge in [-0.1, -0.05) is 18.5 Å². The van der Waals surface area contributed by atoms with Gasteiger partial charge < -0.3 is 15.2 Å². The van der Waals surface area contributed by atoms with Crippen LogP contribution in [0.4, 0.5) is 5.69 Å². The lowest BCUT2D eigenvalue weighted by molar-refractivity contribution is 0.0697. The Labute approximate surface area is 132 Å². The molecular formula is C15H16ClNO3S. The minimum absolute atomic E-state index is 0.318. The quantitative estimate of drug-likeness (QED) is 0.787. The summed E-state index contributed by atoms with van der Waals surface area (Å²) in [5.41, 5.74) is 1.19. The number of hydrogen-bond donors (Lipinski definition) is 2. The number of aromatic carboxylic acids is 1. The number of carboxylic acids is 1.